The summed E-state index contributed by atoms with van der Waals surface area (Å²) >= 11 is 0. The van der Waals surface area contributed by atoms with E-state index in [4.69, 9.17) is 0 Å². The molecule has 0 aliphatic carbocycles. The highest BCUT2D eigenvalue weighted by Gasteiger charge is 2.13. The molecular weight excluding hydrogens is 140 g/mol. The third kappa shape index (κ3) is 1.51. The molecule has 60 valence electrons. The fourth-order valence-electron chi connectivity index (χ4n) is 1.32. The normalized spacial score (nSPS) is 23.8. The van der Waals surface area contributed by atoms with Gasteiger partial charge in [0.1, 0.15) is 0 Å². The van der Waals surface area contributed by atoms with E-state index in [9.17, 15) is 0 Å². The summed E-state index contributed by atoms with van der Waals surface area (Å²) in [6.07, 6.45) is 4.76. The predicted molar refractivity (Wildman–Crippen MR) is 43.5 cm³/mol. The van der Waals surface area contributed by atoms with Crippen molar-refractivity contribution in [2.45, 2.75) is 12.5 Å². The van der Waals surface area contributed by atoms with Crippen LogP contribution in [-0.4, -0.2) is 29.1 Å². The lowest BCUT2D eigenvalue weighted by atomic mass is 10.3. The largest absolute Gasteiger partial charge is 0.352 e. The topological polar surface area (TPSA) is 52.7 Å². The highest BCUT2D eigenvalue weighted by Crippen LogP contribution is 2.04. The van der Waals surface area contributed by atoms with Crippen LogP contribution in [0.4, 0.5) is 5.95 Å². The van der Waals surface area contributed by atoms with Crippen molar-refractivity contribution in [3.63, 3.8) is 0 Å². The van der Waals surface area contributed by atoms with Gasteiger partial charge in [0, 0.05) is 25.0 Å². The summed E-state index contributed by atoms with van der Waals surface area (Å²) in [5, 5.41) is 6.57. The Labute approximate surface area is 65.4 Å². The minimum absolute atomic E-state index is 0.543. The van der Waals surface area contributed by atoms with Crippen LogP contribution in [0.3, 0.4) is 0 Å². The molecule has 0 amide bonds. The number of nitrogens with one attached hydrogen (secondary N) is 3. The third-order valence-electron chi connectivity index (χ3n) is 1.90. The number of nitrogens with zero attached hydrogens (tertiary/aromatic N) is 1. The number of hydrogen-bond donors (Lipinski definition) is 3. The van der Waals surface area contributed by atoms with E-state index in [-0.39, 0.29) is 0 Å². The summed E-state index contributed by atoms with van der Waals surface area (Å²) in [4.78, 5) is 7.10. The molecule has 4 heteroatoms. The number of aromatic nitrogens is 2. The minimum Gasteiger partial charge on any atom is -0.352 e. The monoisotopic (exact) mass is 152 g/mol. The average molecular weight is 152 g/mol. The molecule has 0 bridgehead atoms. The van der Waals surface area contributed by atoms with Crippen LogP contribution in [0.5, 0.6) is 0 Å². The summed E-state index contributed by atoms with van der Waals surface area (Å²) in [5.74, 6) is 0.874. The molecule has 0 spiro atoms. The van der Waals surface area contributed by atoms with E-state index in [1.165, 1.54) is 6.42 Å². The number of anilines is 1. The zero-order valence-corrected chi connectivity index (χ0v) is 6.30. The molecule has 1 aromatic rings. The molecule has 1 saturated heterocycles. The Bertz CT molecular complexity index is 200. The third-order valence-corrected chi connectivity index (χ3v) is 1.90. The fourth-order valence-corrected chi connectivity index (χ4v) is 1.32. The maximum Gasteiger partial charge on any atom is 0.200 e. The molecular formula is C7H12N4. The van der Waals surface area contributed by atoms with E-state index in [1.54, 1.807) is 6.20 Å². The molecule has 0 aromatic carbocycles. The molecule has 2 rings (SSSR count). The number of imidazole rings is 1. The van der Waals surface area contributed by atoms with E-state index in [1.807, 2.05) is 6.20 Å². The smallest absolute Gasteiger partial charge is 0.200 e. The zero-order valence-electron chi connectivity index (χ0n) is 6.30. The van der Waals surface area contributed by atoms with Crippen molar-refractivity contribution in [3.8, 4) is 0 Å². The van der Waals surface area contributed by atoms with Gasteiger partial charge in [-0.25, -0.2) is 4.98 Å². The first kappa shape index (κ1) is 6.67. The first-order valence-corrected chi connectivity index (χ1v) is 3.92. The highest BCUT2D eigenvalue weighted by molar-refractivity contribution is 5.25. The maximum absolute atomic E-state index is 4.09. The van der Waals surface area contributed by atoms with Gasteiger partial charge in [-0.1, -0.05) is 0 Å². The fraction of sp³-hybridized carbons (Fsp3) is 0.571. The molecule has 4 nitrogen and oxygen atoms in total. The van der Waals surface area contributed by atoms with Gasteiger partial charge >= 0.3 is 0 Å². The van der Waals surface area contributed by atoms with E-state index < -0.39 is 0 Å². The molecule has 1 aromatic heterocycles. The zero-order chi connectivity index (χ0) is 7.52. The number of H-pyrrole nitrogens is 1. The second-order valence-electron chi connectivity index (χ2n) is 2.77. The Morgan fingerprint density at radius 1 is 1.64 bits per heavy atom. The van der Waals surface area contributed by atoms with Crippen LogP contribution in [-0.2, 0) is 0 Å². The van der Waals surface area contributed by atoms with Gasteiger partial charge in [-0.05, 0) is 13.0 Å². The quantitative estimate of drug-likeness (QED) is 0.566. The van der Waals surface area contributed by atoms with Crippen LogP contribution in [0.15, 0.2) is 12.4 Å². The number of hydrogen-bond acceptors (Lipinski definition) is 3. The van der Waals surface area contributed by atoms with Crippen molar-refractivity contribution in [2.24, 2.45) is 0 Å². The lowest BCUT2D eigenvalue weighted by Crippen LogP contribution is -2.22. The Morgan fingerprint density at radius 2 is 2.64 bits per heavy atom. The second kappa shape index (κ2) is 2.92. The van der Waals surface area contributed by atoms with Crippen LogP contribution < -0.4 is 10.6 Å². The summed E-state index contributed by atoms with van der Waals surface area (Å²) in [5.41, 5.74) is 0. The van der Waals surface area contributed by atoms with Crippen LogP contribution in [0.25, 0.3) is 0 Å². The van der Waals surface area contributed by atoms with Crippen molar-refractivity contribution < 1.29 is 0 Å². The van der Waals surface area contributed by atoms with Crippen molar-refractivity contribution in [1.29, 1.82) is 0 Å². The van der Waals surface area contributed by atoms with Crippen molar-refractivity contribution in [1.82, 2.24) is 15.3 Å². The van der Waals surface area contributed by atoms with Crippen molar-refractivity contribution in [3.05, 3.63) is 12.4 Å². The molecule has 1 atom stereocenters. The molecule has 3 N–H and O–H groups in total. The number of rotatable bonds is 2. The van der Waals surface area contributed by atoms with Gasteiger partial charge in [-0.3, -0.25) is 0 Å². The van der Waals surface area contributed by atoms with Crippen molar-refractivity contribution >= 4 is 5.95 Å². The van der Waals surface area contributed by atoms with E-state index in [0.29, 0.717) is 6.04 Å². The van der Waals surface area contributed by atoms with Crippen LogP contribution in [0.1, 0.15) is 6.42 Å². The molecule has 2 heterocycles. The van der Waals surface area contributed by atoms with Gasteiger partial charge in [0.15, 0.2) is 5.95 Å². The van der Waals surface area contributed by atoms with E-state index >= 15 is 0 Å². The standard InChI is InChI=1S/C7H12N4/c1-2-8-5-6(1)11-7-9-3-4-10-7/h3-4,6,8H,1-2,5H2,(H2,9,10,11). The Hall–Kier alpha value is -1.03. The molecule has 1 aliphatic rings. The van der Waals surface area contributed by atoms with Crippen LogP contribution in [0, 0.1) is 0 Å². The number of aromatic amines is 1. The second-order valence-corrected chi connectivity index (χ2v) is 2.77. The molecule has 11 heavy (non-hydrogen) atoms. The SMILES string of the molecule is c1c[nH]c(NC2CCNC2)n1. The minimum atomic E-state index is 0.543. The summed E-state index contributed by atoms with van der Waals surface area (Å²) in [7, 11) is 0. The van der Waals surface area contributed by atoms with E-state index in [2.05, 4.69) is 20.6 Å². The first-order valence-electron chi connectivity index (χ1n) is 3.92. The summed E-state index contributed by atoms with van der Waals surface area (Å²) < 4.78 is 0. The summed E-state index contributed by atoms with van der Waals surface area (Å²) in [6, 6.07) is 0.543. The maximum atomic E-state index is 4.09. The average Bonchev–Trinajstić information content (AvgIpc) is 2.60. The van der Waals surface area contributed by atoms with Gasteiger partial charge in [0.2, 0.25) is 0 Å². The lowest BCUT2D eigenvalue weighted by Gasteiger charge is -2.08. The van der Waals surface area contributed by atoms with Gasteiger partial charge in [-0.2, -0.15) is 0 Å². The van der Waals surface area contributed by atoms with Gasteiger partial charge < -0.3 is 15.6 Å². The van der Waals surface area contributed by atoms with Crippen LogP contribution >= 0.6 is 0 Å². The van der Waals surface area contributed by atoms with Gasteiger partial charge in [-0.15, -0.1) is 0 Å². The predicted octanol–water partition coefficient (Wildman–Crippen LogP) is 0.183. The van der Waals surface area contributed by atoms with Gasteiger partial charge in [0.25, 0.3) is 0 Å². The Balaban J connectivity index is 1.90. The van der Waals surface area contributed by atoms with Crippen molar-refractivity contribution in [2.75, 3.05) is 18.4 Å². The van der Waals surface area contributed by atoms with E-state index in [0.717, 1.165) is 19.0 Å². The lowest BCUT2D eigenvalue weighted by molar-refractivity contribution is 0.784. The molecule has 0 radical (unpaired) electrons. The molecule has 1 aliphatic heterocycles. The molecule has 0 saturated carbocycles. The van der Waals surface area contributed by atoms with Crippen LogP contribution in [0.2, 0.25) is 0 Å². The first-order chi connectivity index (χ1) is 5.45. The van der Waals surface area contributed by atoms with Gasteiger partial charge in [0.05, 0.1) is 0 Å². The molecule has 1 fully saturated rings. The Kier molecular flexibility index (Phi) is 1.77. The molecule has 1 unspecified atom stereocenters. The summed E-state index contributed by atoms with van der Waals surface area (Å²) in [6.45, 7) is 2.15. The highest BCUT2D eigenvalue weighted by atomic mass is 15.1. The Morgan fingerprint density at radius 3 is 3.27 bits per heavy atom.